The molecule has 1 fully saturated rings. The van der Waals surface area contributed by atoms with Crippen LogP contribution in [0.25, 0.3) is 0 Å². The molecule has 4 N–H and O–H groups in total. The highest BCUT2D eigenvalue weighted by Crippen LogP contribution is 2.33. The van der Waals surface area contributed by atoms with Crippen molar-refractivity contribution in [2.45, 2.75) is 32.9 Å². The van der Waals surface area contributed by atoms with E-state index in [1.54, 1.807) is 12.1 Å². The van der Waals surface area contributed by atoms with Crippen LogP contribution in [-0.4, -0.2) is 46.0 Å². The third kappa shape index (κ3) is 4.46. The number of nitrogens with zero attached hydrogens (tertiary/aromatic N) is 1. The van der Waals surface area contributed by atoms with Gasteiger partial charge in [0.15, 0.2) is 11.5 Å². The van der Waals surface area contributed by atoms with Gasteiger partial charge in [0.2, 0.25) is 0 Å². The van der Waals surface area contributed by atoms with Gasteiger partial charge in [0.05, 0.1) is 23.8 Å². The number of phenolic OH excluding ortho intramolecular Hbond substituents is 1. The van der Waals surface area contributed by atoms with Gasteiger partial charge in [-0.2, -0.15) is 0 Å². The number of β-amino-alcohol motifs (C(OH)–C–C–N with tert-alkyl or cyclic N) is 1. The van der Waals surface area contributed by atoms with Gasteiger partial charge in [-0.1, -0.05) is 50.2 Å². The van der Waals surface area contributed by atoms with Crippen LogP contribution in [0, 0.1) is 0 Å². The summed E-state index contributed by atoms with van der Waals surface area (Å²) in [7, 11) is 0. The lowest BCUT2D eigenvalue weighted by Crippen LogP contribution is -2.53. The first-order valence-electron chi connectivity index (χ1n) is 10.1. The number of carbonyl (C=O) groups excluding carboxylic acids is 2. The summed E-state index contributed by atoms with van der Waals surface area (Å²) in [5.41, 5.74) is 2.71. The minimum atomic E-state index is -0.511. The molecule has 0 aromatic heterocycles. The molecule has 1 aliphatic carbocycles. The highest BCUT2D eigenvalue weighted by molar-refractivity contribution is 6.07. The first-order valence-corrected chi connectivity index (χ1v) is 10.1. The number of phenols is 1. The van der Waals surface area contributed by atoms with Crippen LogP contribution in [0.2, 0.25) is 0 Å². The normalized spacial score (nSPS) is 15.6. The molecular weight excluding hydrogens is 382 g/mol. The summed E-state index contributed by atoms with van der Waals surface area (Å²) >= 11 is 0. The number of aliphatic hydroxyl groups is 1. The number of likely N-dealkylation sites (tertiary alicyclic amines) is 1. The summed E-state index contributed by atoms with van der Waals surface area (Å²) in [5.74, 6) is -0.608. The molecule has 7 heteroatoms. The van der Waals surface area contributed by atoms with Gasteiger partial charge in [0, 0.05) is 25.3 Å². The Labute approximate surface area is 176 Å². The van der Waals surface area contributed by atoms with Gasteiger partial charge in [0.25, 0.3) is 5.91 Å². The number of carbonyl (C=O) groups is 2. The highest BCUT2D eigenvalue weighted by atomic mass is 16.3. The third-order valence-corrected chi connectivity index (χ3v) is 4.94. The molecule has 2 aromatic rings. The summed E-state index contributed by atoms with van der Waals surface area (Å²) in [4.78, 5) is 25.9. The van der Waals surface area contributed by atoms with E-state index < -0.39 is 6.10 Å². The summed E-state index contributed by atoms with van der Waals surface area (Å²) in [6.07, 6.45) is -0.205. The smallest absolute Gasteiger partial charge is 0.257 e. The zero-order valence-electron chi connectivity index (χ0n) is 17.2. The Hall–Kier alpha value is -3.32. The second kappa shape index (κ2) is 9.45. The number of Topliss-reactive ketones (excluding diaryl/α,β-unsaturated/α-hetero) is 1. The van der Waals surface area contributed by atoms with E-state index in [1.165, 1.54) is 11.0 Å². The highest BCUT2D eigenvalue weighted by Gasteiger charge is 2.32. The van der Waals surface area contributed by atoms with Gasteiger partial charge < -0.3 is 25.7 Å². The van der Waals surface area contributed by atoms with E-state index in [1.807, 2.05) is 44.2 Å². The van der Waals surface area contributed by atoms with Crippen LogP contribution in [0.15, 0.2) is 59.9 Å². The van der Waals surface area contributed by atoms with Crippen molar-refractivity contribution < 1.29 is 19.8 Å². The summed E-state index contributed by atoms with van der Waals surface area (Å²) in [6, 6.07) is 14.6. The van der Waals surface area contributed by atoms with E-state index in [-0.39, 0.29) is 36.1 Å². The van der Waals surface area contributed by atoms with Crippen molar-refractivity contribution in [2.24, 2.45) is 0 Å². The molecule has 0 spiro atoms. The Balaban J connectivity index is 0.00000124. The molecule has 0 bridgehead atoms. The Bertz CT molecular complexity index is 950. The fourth-order valence-electron chi connectivity index (χ4n) is 3.24. The van der Waals surface area contributed by atoms with Crippen LogP contribution in [0.1, 0.15) is 36.2 Å². The summed E-state index contributed by atoms with van der Waals surface area (Å²) in [6.45, 7) is 5.11. The van der Waals surface area contributed by atoms with Crippen LogP contribution < -0.4 is 10.6 Å². The van der Waals surface area contributed by atoms with Crippen molar-refractivity contribution in [3.05, 3.63) is 71.1 Å². The van der Waals surface area contributed by atoms with Gasteiger partial charge in [-0.3, -0.25) is 9.59 Å². The van der Waals surface area contributed by atoms with Gasteiger partial charge in [0.1, 0.15) is 5.70 Å². The molecule has 1 aliphatic heterocycles. The molecule has 2 aromatic carbocycles. The monoisotopic (exact) mass is 409 g/mol. The molecule has 0 unspecified atom stereocenters. The number of nitrogens with one attached hydrogen (secondary N) is 2. The van der Waals surface area contributed by atoms with Crippen molar-refractivity contribution in [2.75, 3.05) is 18.4 Å². The molecule has 2 aliphatic rings. The number of anilines is 1. The zero-order chi connectivity index (χ0) is 21.7. The molecule has 30 heavy (non-hydrogen) atoms. The first kappa shape index (κ1) is 21.4. The lowest BCUT2D eigenvalue weighted by molar-refractivity contribution is -0.116. The van der Waals surface area contributed by atoms with Crippen molar-refractivity contribution in [3.8, 4) is 5.75 Å². The maximum atomic E-state index is 12.4. The molecule has 158 valence electrons. The van der Waals surface area contributed by atoms with Crippen molar-refractivity contribution in [1.82, 2.24) is 10.2 Å². The Morgan fingerprint density at radius 1 is 1.10 bits per heavy atom. The third-order valence-electron chi connectivity index (χ3n) is 4.94. The molecule has 0 radical (unpaired) electrons. The van der Waals surface area contributed by atoms with Crippen LogP contribution in [0.4, 0.5) is 5.69 Å². The zero-order valence-corrected chi connectivity index (χ0v) is 17.2. The number of aliphatic hydroxyl groups excluding tert-OH is 1. The average molecular weight is 409 g/mol. The topological polar surface area (TPSA) is 102 Å². The van der Waals surface area contributed by atoms with Gasteiger partial charge in [-0.05, 0) is 17.7 Å². The second-order valence-electron chi connectivity index (χ2n) is 6.98. The molecule has 4 rings (SSSR count). The molecule has 0 atom stereocenters. The number of aromatic hydroxyl groups is 1. The van der Waals surface area contributed by atoms with Crippen molar-refractivity contribution in [1.29, 1.82) is 0 Å². The number of para-hydroxylation sites is 1. The number of hydrogen-bond acceptors (Lipinski definition) is 6. The quantitative estimate of drug-likeness (QED) is 0.547. The van der Waals surface area contributed by atoms with E-state index in [9.17, 15) is 19.8 Å². The van der Waals surface area contributed by atoms with E-state index in [0.29, 0.717) is 24.4 Å². The van der Waals surface area contributed by atoms with Crippen LogP contribution in [0.5, 0.6) is 5.75 Å². The number of benzene rings is 2. The van der Waals surface area contributed by atoms with Crippen molar-refractivity contribution >= 4 is 17.4 Å². The summed E-state index contributed by atoms with van der Waals surface area (Å²) in [5, 5.41) is 26.1. The SMILES string of the molecule is CC.O=C1CC(NCc2ccccc2)=C1Nc1cccc(C(=O)N2CC(O)C2)c1O. The number of rotatable bonds is 6. The maximum Gasteiger partial charge on any atom is 0.257 e. The second-order valence-corrected chi connectivity index (χ2v) is 6.98. The van der Waals surface area contributed by atoms with Crippen LogP contribution >= 0.6 is 0 Å². The fraction of sp³-hybridized carbons (Fsp3) is 0.304. The standard InChI is InChI=1S/C21H21N3O4.C2H6/c25-14-11-24(12-14)21(28)15-7-4-8-16(20(15)27)23-19-17(9-18(19)26)22-10-13-5-2-1-3-6-13;1-2/h1-8,14,22-23,25,27H,9-12H2;1-2H3. The van der Waals surface area contributed by atoms with Crippen molar-refractivity contribution in [3.63, 3.8) is 0 Å². The average Bonchev–Trinajstić information content (AvgIpc) is 2.75. The fourth-order valence-corrected chi connectivity index (χ4v) is 3.24. The Morgan fingerprint density at radius 3 is 2.43 bits per heavy atom. The molecule has 0 saturated carbocycles. The number of ketones is 1. The van der Waals surface area contributed by atoms with Gasteiger partial charge >= 0.3 is 0 Å². The van der Waals surface area contributed by atoms with E-state index >= 15 is 0 Å². The lowest BCUT2D eigenvalue weighted by atomic mass is 9.98. The van der Waals surface area contributed by atoms with E-state index in [0.717, 1.165) is 11.3 Å². The molecule has 1 heterocycles. The van der Waals surface area contributed by atoms with E-state index in [2.05, 4.69) is 10.6 Å². The largest absolute Gasteiger partial charge is 0.505 e. The summed E-state index contributed by atoms with van der Waals surface area (Å²) < 4.78 is 0. The van der Waals surface area contributed by atoms with Crippen LogP contribution in [-0.2, 0) is 11.3 Å². The van der Waals surface area contributed by atoms with Gasteiger partial charge in [-0.25, -0.2) is 0 Å². The molecule has 7 nitrogen and oxygen atoms in total. The predicted molar refractivity (Wildman–Crippen MR) is 115 cm³/mol. The molecule has 1 saturated heterocycles. The Kier molecular flexibility index (Phi) is 6.74. The maximum absolute atomic E-state index is 12.4. The van der Waals surface area contributed by atoms with Crippen LogP contribution in [0.3, 0.4) is 0 Å². The first-order chi connectivity index (χ1) is 14.5. The number of allylic oxidation sites excluding steroid dienone is 2. The molecular formula is C23H27N3O4. The number of hydrogen-bond donors (Lipinski definition) is 4. The minimum absolute atomic E-state index is 0.0578. The predicted octanol–water partition coefficient (Wildman–Crippen LogP) is 2.62. The van der Waals surface area contributed by atoms with E-state index in [4.69, 9.17) is 0 Å². The lowest BCUT2D eigenvalue weighted by Gasteiger charge is -2.36. The van der Waals surface area contributed by atoms with Gasteiger partial charge in [-0.15, -0.1) is 0 Å². The number of amides is 1. The molecule has 1 amide bonds. The minimum Gasteiger partial charge on any atom is -0.505 e. The Morgan fingerprint density at radius 2 is 1.80 bits per heavy atom.